The average molecular weight is 315 g/mol. The summed E-state index contributed by atoms with van der Waals surface area (Å²) in [5.41, 5.74) is -0.120. The van der Waals surface area contributed by atoms with E-state index in [1.165, 1.54) is 6.42 Å². The third kappa shape index (κ3) is 3.23. The predicted octanol–water partition coefficient (Wildman–Crippen LogP) is 3.11. The van der Waals surface area contributed by atoms with Crippen LogP contribution in [0.15, 0.2) is 33.5 Å². The zero-order valence-electron chi connectivity index (χ0n) is 13.4. The molecule has 3 rings (SSSR count). The van der Waals surface area contributed by atoms with E-state index in [0.717, 1.165) is 19.3 Å². The van der Waals surface area contributed by atoms with Gasteiger partial charge in [0, 0.05) is 11.4 Å². The Balaban J connectivity index is 1.90. The molecule has 0 aliphatic heterocycles. The number of amides is 1. The number of rotatable bonds is 3. The Hall–Kier alpha value is -2.30. The number of fused-ring (bicyclic) bond motifs is 1. The highest BCUT2D eigenvalue weighted by Crippen LogP contribution is 2.24. The minimum absolute atomic E-state index is 0.0449. The van der Waals surface area contributed by atoms with Crippen LogP contribution in [0.1, 0.15) is 43.0 Å². The van der Waals surface area contributed by atoms with Gasteiger partial charge in [-0.3, -0.25) is 4.79 Å². The largest absolute Gasteiger partial charge is 0.497 e. The second kappa shape index (κ2) is 6.44. The first-order valence-electron chi connectivity index (χ1n) is 8.01. The van der Waals surface area contributed by atoms with Crippen molar-refractivity contribution in [2.75, 3.05) is 7.11 Å². The van der Waals surface area contributed by atoms with Crippen molar-refractivity contribution in [3.05, 3.63) is 40.2 Å². The number of ether oxygens (including phenoxy) is 1. The summed E-state index contributed by atoms with van der Waals surface area (Å²) >= 11 is 0. The van der Waals surface area contributed by atoms with Crippen LogP contribution in [0.25, 0.3) is 11.0 Å². The molecule has 1 N–H and O–H groups in total. The number of carbonyl (C=O) groups is 1. The SMILES string of the molecule is COc1ccc2oc(=O)c(C(=O)N[C@H]3CCCC[C@@H]3C)cc2c1. The third-order valence-corrected chi connectivity index (χ3v) is 4.61. The maximum atomic E-state index is 12.5. The number of hydrogen-bond donors (Lipinski definition) is 1. The molecule has 23 heavy (non-hydrogen) atoms. The summed E-state index contributed by atoms with van der Waals surface area (Å²) in [5, 5.41) is 3.66. The first-order chi connectivity index (χ1) is 11.1. The van der Waals surface area contributed by atoms with Gasteiger partial charge in [-0.15, -0.1) is 0 Å². The molecule has 1 aromatic carbocycles. The van der Waals surface area contributed by atoms with Crippen molar-refractivity contribution in [3.8, 4) is 5.75 Å². The smallest absolute Gasteiger partial charge is 0.349 e. The van der Waals surface area contributed by atoms with Crippen molar-refractivity contribution in [2.45, 2.75) is 38.6 Å². The van der Waals surface area contributed by atoms with Gasteiger partial charge >= 0.3 is 5.63 Å². The van der Waals surface area contributed by atoms with Crippen molar-refractivity contribution < 1.29 is 13.9 Å². The lowest BCUT2D eigenvalue weighted by atomic mass is 9.86. The highest BCUT2D eigenvalue weighted by Gasteiger charge is 2.24. The van der Waals surface area contributed by atoms with Crippen LogP contribution in [0.3, 0.4) is 0 Å². The summed E-state index contributed by atoms with van der Waals surface area (Å²) in [4.78, 5) is 24.6. The summed E-state index contributed by atoms with van der Waals surface area (Å²) in [7, 11) is 1.57. The molecule has 0 radical (unpaired) electrons. The number of nitrogens with one attached hydrogen (secondary N) is 1. The summed E-state index contributed by atoms with van der Waals surface area (Å²) < 4.78 is 10.4. The Labute approximate surface area is 134 Å². The van der Waals surface area contributed by atoms with E-state index in [4.69, 9.17) is 9.15 Å². The molecule has 0 spiro atoms. The molecule has 1 heterocycles. The number of benzene rings is 1. The van der Waals surface area contributed by atoms with Crippen LogP contribution in [0.5, 0.6) is 5.75 Å². The van der Waals surface area contributed by atoms with Crippen LogP contribution < -0.4 is 15.7 Å². The van der Waals surface area contributed by atoms with Gasteiger partial charge in [0.05, 0.1) is 7.11 Å². The Morgan fingerprint density at radius 1 is 1.26 bits per heavy atom. The van der Waals surface area contributed by atoms with Crippen molar-refractivity contribution in [2.24, 2.45) is 5.92 Å². The quantitative estimate of drug-likeness (QED) is 0.884. The van der Waals surface area contributed by atoms with Crippen LogP contribution >= 0.6 is 0 Å². The van der Waals surface area contributed by atoms with Crippen LogP contribution in [0, 0.1) is 5.92 Å². The summed E-state index contributed by atoms with van der Waals surface area (Å²) in [5.74, 6) is 0.723. The number of methoxy groups -OCH3 is 1. The molecule has 1 aromatic heterocycles. The fourth-order valence-electron chi connectivity index (χ4n) is 3.16. The maximum absolute atomic E-state index is 12.5. The monoisotopic (exact) mass is 315 g/mol. The Morgan fingerprint density at radius 2 is 2.04 bits per heavy atom. The Bertz CT molecular complexity index is 780. The molecular formula is C18H21NO4. The minimum Gasteiger partial charge on any atom is -0.497 e. The van der Waals surface area contributed by atoms with Crippen LogP contribution in [0.2, 0.25) is 0 Å². The van der Waals surface area contributed by atoms with Gasteiger partial charge in [0.1, 0.15) is 16.9 Å². The summed E-state index contributed by atoms with van der Waals surface area (Å²) in [6.07, 6.45) is 4.37. The Morgan fingerprint density at radius 3 is 2.78 bits per heavy atom. The molecule has 5 nitrogen and oxygen atoms in total. The lowest BCUT2D eigenvalue weighted by Crippen LogP contribution is -2.42. The van der Waals surface area contributed by atoms with Crippen LogP contribution in [-0.2, 0) is 0 Å². The molecule has 0 unspecified atom stereocenters. The van der Waals surface area contributed by atoms with Gasteiger partial charge in [-0.25, -0.2) is 4.79 Å². The van der Waals surface area contributed by atoms with E-state index in [2.05, 4.69) is 12.2 Å². The lowest BCUT2D eigenvalue weighted by molar-refractivity contribution is 0.0906. The standard InChI is InChI=1S/C18H21NO4/c1-11-5-3-4-6-15(11)19-17(20)14-10-12-9-13(22-2)7-8-16(12)23-18(14)21/h7-11,15H,3-6H2,1-2H3,(H,19,20)/t11-,15-/m0/s1. The molecule has 0 saturated heterocycles. The zero-order valence-corrected chi connectivity index (χ0v) is 13.4. The predicted molar refractivity (Wildman–Crippen MR) is 87.9 cm³/mol. The third-order valence-electron chi connectivity index (χ3n) is 4.61. The van der Waals surface area contributed by atoms with Gasteiger partial charge in [-0.1, -0.05) is 19.8 Å². The molecular weight excluding hydrogens is 294 g/mol. The minimum atomic E-state index is -0.608. The van der Waals surface area contributed by atoms with Crippen molar-refractivity contribution in [1.29, 1.82) is 0 Å². The van der Waals surface area contributed by atoms with Gasteiger partial charge in [0.25, 0.3) is 5.91 Å². The van der Waals surface area contributed by atoms with Crippen molar-refractivity contribution in [3.63, 3.8) is 0 Å². The fourth-order valence-corrected chi connectivity index (χ4v) is 3.16. The van der Waals surface area contributed by atoms with Gasteiger partial charge in [-0.2, -0.15) is 0 Å². The Kier molecular flexibility index (Phi) is 4.37. The highest BCUT2D eigenvalue weighted by molar-refractivity contribution is 5.97. The molecule has 2 aromatic rings. The molecule has 122 valence electrons. The molecule has 1 aliphatic rings. The van der Waals surface area contributed by atoms with Crippen molar-refractivity contribution >= 4 is 16.9 Å². The summed E-state index contributed by atoms with van der Waals surface area (Å²) in [6.45, 7) is 2.14. The van der Waals surface area contributed by atoms with E-state index in [9.17, 15) is 9.59 Å². The van der Waals surface area contributed by atoms with Crippen molar-refractivity contribution in [1.82, 2.24) is 5.32 Å². The lowest BCUT2D eigenvalue weighted by Gasteiger charge is -2.29. The normalized spacial score (nSPS) is 21.1. The average Bonchev–Trinajstić information content (AvgIpc) is 2.55. The van der Waals surface area contributed by atoms with E-state index in [0.29, 0.717) is 22.6 Å². The molecule has 1 aliphatic carbocycles. The topological polar surface area (TPSA) is 68.5 Å². The number of hydrogen-bond acceptors (Lipinski definition) is 4. The second-order valence-corrected chi connectivity index (χ2v) is 6.19. The van der Waals surface area contributed by atoms with Gasteiger partial charge in [-0.05, 0) is 43.0 Å². The van der Waals surface area contributed by atoms with E-state index in [-0.39, 0.29) is 17.5 Å². The first kappa shape index (κ1) is 15.6. The highest BCUT2D eigenvalue weighted by atomic mass is 16.5. The summed E-state index contributed by atoms with van der Waals surface area (Å²) in [6, 6.07) is 6.83. The maximum Gasteiger partial charge on any atom is 0.349 e. The number of carbonyl (C=O) groups excluding carboxylic acids is 1. The molecule has 1 amide bonds. The van der Waals surface area contributed by atoms with Crippen LogP contribution in [0.4, 0.5) is 0 Å². The molecule has 0 bridgehead atoms. The molecule has 2 atom stereocenters. The second-order valence-electron chi connectivity index (χ2n) is 6.19. The first-order valence-corrected chi connectivity index (χ1v) is 8.01. The van der Waals surface area contributed by atoms with E-state index >= 15 is 0 Å². The van der Waals surface area contributed by atoms with Gasteiger partial charge in [0.2, 0.25) is 0 Å². The van der Waals surface area contributed by atoms with E-state index < -0.39 is 5.63 Å². The molecule has 1 saturated carbocycles. The molecule has 1 fully saturated rings. The van der Waals surface area contributed by atoms with Crippen LogP contribution in [-0.4, -0.2) is 19.1 Å². The van der Waals surface area contributed by atoms with Gasteiger partial charge < -0.3 is 14.5 Å². The fraction of sp³-hybridized carbons (Fsp3) is 0.444. The zero-order chi connectivity index (χ0) is 16.4. The van der Waals surface area contributed by atoms with E-state index in [1.54, 1.807) is 31.4 Å². The molecule has 5 heteroatoms. The van der Waals surface area contributed by atoms with Gasteiger partial charge in [0.15, 0.2) is 0 Å². The van der Waals surface area contributed by atoms with E-state index in [1.807, 2.05) is 0 Å².